The van der Waals surface area contributed by atoms with Crippen molar-refractivity contribution in [2.75, 3.05) is 13.2 Å². The molecule has 1 heterocycles. The van der Waals surface area contributed by atoms with Crippen molar-refractivity contribution in [1.29, 1.82) is 0 Å². The van der Waals surface area contributed by atoms with E-state index in [0.717, 1.165) is 0 Å². The van der Waals surface area contributed by atoms with Crippen molar-refractivity contribution in [3.63, 3.8) is 0 Å². The number of aliphatic hydroxyl groups is 5. The second-order valence-electron chi connectivity index (χ2n) is 3.50. The van der Waals surface area contributed by atoms with Gasteiger partial charge in [0, 0.05) is 4.91 Å². The molecule has 16 heavy (non-hydrogen) atoms. The standard InChI is InChI=1S/C7H13N3O6/c8-10-9-2-7(15)6(14)5(13)4(12)3(1-11)16-7/h3-6,11-15H,1-2H2/t3?,4?,5?,6?,7-/m0/s1. The molecule has 9 heteroatoms. The first-order valence-electron chi connectivity index (χ1n) is 4.52. The fraction of sp³-hybridized carbons (Fsp3) is 1.00. The van der Waals surface area contributed by atoms with E-state index in [-0.39, 0.29) is 0 Å². The molecule has 0 aromatic carbocycles. The van der Waals surface area contributed by atoms with Crippen molar-refractivity contribution in [1.82, 2.24) is 0 Å². The molecule has 1 rings (SSSR count). The Bertz CT molecular complexity index is 294. The molecule has 0 amide bonds. The summed E-state index contributed by atoms with van der Waals surface area (Å²) in [4.78, 5) is 2.37. The van der Waals surface area contributed by atoms with E-state index in [1.807, 2.05) is 0 Å². The first kappa shape index (κ1) is 13.1. The fourth-order valence-corrected chi connectivity index (χ4v) is 1.48. The number of nitrogens with zero attached hydrogens (tertiary/aromatic N) is 3. The van der Waals surface area contributed by atoms with Gasteiger partial charge >= 0.3 is 0 Å². The molecule has 1 fully saturated rings. The second kappa shape index (κ2) is 4.93. The summed E-state index contributed by atoms with van der Waals surface area (Å²) in [6.07, 6.45) is -6.34. The maximum absolute atomic E-state index is 9.74. The lowest BCUT2D eigenvalue weighted by Gasteiger charge is -2.44. The number of azide groups is 1. The van der Waals surface area contributed by atoms with Gasteiger partial charge in [0.25, 0.3) is 0 Å². The predicted molar refractivity (Wildman–Crippen MR) is 48.9 cm³/mol. The van der Waals surface area contributed by atoms with E-state index in [4.69, 9.17) is 15.4 Å². The SMILES string of the molecule is [N-]=[N+]=NC[C@]1(O)OC(CO)C(O)C(O)C1O. The van der Waals surface area contributed by atoms with Crippen LogP contribution in [-0.2, 0) is 4.74 Å². The van der Waals surface area contributed by atoms with Gasteiger partial charge in [-0.1, -0.05) is 5.11 Å². The Morgan fingerprint density at radius 3 is 2.44 bits per heavy atom. The Kier molecular flexibility index (Phi) is 4.05. The molecule has 0 saturated carbocycles. The van der Waals surface area contributed by atoms with Gasteiger partial charge in [-0.05, 0) is 5.53 Å². The van der Waals surface area contributed by atoms with Crippen LogP contribution < -0.4 is 0 Å². The molecule has 0 aromatic heterocycles. The van der Waals surface area contributed by atoms with Crippen LogP contribution in [0, 0.1) is 0 Å². The van der Waals surface area contributed by atoms with Crippen LogP contribution in [0.5, 0.6) is 0 Å². The molecule has 1 aliphatic rings. The summed E-state index contributed by atoms with van der Waals surface area (Å²) < 4.78 is 4.80. The molecule has 1 saturated heterocycles. The lowest BCUT2D eigenvalue weighted by molar-refractivity contribution is -0.344. The van der Waals surface area contributed by atoms with Crippen molar-refractivity contribution in [3.05, 3.63) is 10.4 Å². The van der Waals surface area contributed by atoms with Crippen LogP contribution in [0.1, 0.15) is 0 Å². The quantitative estimate of drug-likeness (QED) is 0.206. The third-order valence-corrected chi connectivity index (χ3v) is 2.41. The molecule has 0 radical (unpaired) electrons. The van der Waals surface area contributed by atoms with E-state index in [1.165, 1.54) is 0 Å². The summed E-state index contributed by atoms with van der Waals surface area (Å²) in [6.45, 7) is -1.31. The molecule has 5 atom stereocenters. The molecule has 0 spiro atoms. The Labute approximate surface area is 90.1 Å². The monoisotopic (exact) mass is 235 g/mol. The first-order chi connectivity index (χ1) is 7.46. The van der Waals surface area contributed by atoms with Crippen LogP contribution >= 0.6 is 0 Å². The van der Waals surface area contributed by atoms with E-state index in [1.54, 1.807) is 0 Å². The average Bonchev–Trinajstić information content (AvgIpc) is 2.29. The summed E-state index contributed by atoms with van der Waals surface area (Å²) in [6, 6.07) is 0. The highest BCUT2D eigenvalue weighted by Gasteiger charge is 2.52. The molecule has 0 aromatic rings. The summed E-state index contributed by atoms with van der Waals surface area (Å²) in [5, 5.41) is 49.8. The summed E-state index contributed by atoms with van der Waals surface area (Å²) >= 11 is 0. The van der Waals surface area contributed by atoms with Crippen LogP contribution in [0.3, 0.4) is 0 Å². The molecule has 1 aliphatic heterocycles. The Morgan fingerprint density at radius 1 is 1.31 bits per heavy atom. The number of aliphatic hydroxyl groups excluding tert-OH is 4. The van der Waals surface area contributed by atoms with Gasteiger partial charge < -0.3 is 30.3 Å². The molecular weight excluding hydrogens is 222 g/mol. The minimum atomic E-state index is -2.32. The van der Waals surface area contributed by atoms with Crippen molar-refractivity contribution in [2.24, 2.45) is 5.11 Å². The van der Waals surface area contributed by atoms with Gasteiger partial charge in [-0.3, -0.25) is 0 Å². The highest BCUT2D eigenvalue weighted by atomic mass is 16.7. The van der Waals surface area contributed by atoms with Crippen LogP contribution in [0.2, 0.25) is 0 Å². The Hall–Kier alpha value is -0.930. The number of hydrogen-bond acceptors (Lipinski definition) is 7. The van der Waals surface area contributed by atoms with Crippen LogP contribution in [0.25, 0.3) is 10.4 Å². The Morgan fingerprint density at radius 2 is 1.94 bits per heavy atom. The van der Waals surface area contributed by atoms with Crippen molar-refractivity contribution in [3.8, 4) is 0 Å². The highest BCUT2D eigenvalue weighted by Crippen LogP contribution is 2.28. The van der Waals surface area contributed by atoms with Crippen LogP contribution in [0.15, 0.2) is 5.11 Å². The Balaban J connectivity index is 2.88. The van der Waals surface area contributed by atoms with Gasteiger partial charge in [0.2, 0.25) is 5.79 Å². The normalized spacial score (nSPS) is 43.8. The third-order valence-electron chi connectivity index (χ3n) is 2.41. The van der Waals surface area contributed by atoms with Gasteiger partial charge in [-0.25, -0.2) is 0 Å². The van der Waals surface area contributed by atoms with Gasteiger partial charge in [0.1, 0.15) is 24.4 Å². The predicted octanol–water partition coefficient (Wildman–Crippen LogP) is -2.54. The lowest BCUT2D eigenvalue weighted by Crippen LogP contribution is -2.66. The molecule has 5 N–H and O–H groups in total. The van der Waals surface area contributed by atoms with Crippen LogP contribution in [-0.4, -0.2) is 68.9 Å². The molecular formula is C7H13N3O6. The number of ether oxygens (including phenoxy) is 1. The van der Waals surface area contributed by atoms with Gasteiger partial charge in [0.05, 0.1) is 13.2 Å². The molecule has 9 nitrogen and oxygen atoms in total. The maximum Gasteiger partial charge on any atom is 0.200 e. The minimum absolute atomic E-state index is 0.648. The number of rotatable bonds is 3. The third kappa shape index (κ3) is 2.25. The molecule has 92 valence electrons. The molecule has 4 unspecified atom stereocenters. The van der Waals surface area contributed by atoms with Gasteiger partial charge in [0.15, 0.2) is 0 Å². The summed E-state index contributed by atoms with van der Waals surface area (Å²) in [7, 11) is 0. The lowest BCUT2D eigenvalue weighted by atomic mass is 9.93. The van der Waals surface area contributed by atoms with E-state index in [9.17, 15) is 20.4 Å². The largest absolute Gasteiger partial charge is 0.394 e. The minimum Gasteiger partial charge on any atom is -0.394 e. The summed E-state index contributed by atoms with van der Waals surface area (Å²) in [5.41, 5.74) is 8.09. The van der Waals surface area contributed by atoms with E-state index in [2.05, 4.69) is 10.0 Å². The van der Waals surface area contributed by atoms with E-state index < -0.39 is 43.4 Å². The maximum atomic E-state index is 9.74. The number of hydrogen-bond donors (Lipinski definition) is 5. The second-order valence-corrected chi connectivity index (χ2v) is 3.50. The van der Waals surface area contributed by atoms with Crippen molar-refractivity contribution >= 4 is 0 Å². The van der Waals surface area contributed by atoms with Crippen molar-refractivity contribution in [2.45, 2.75) is 30.2 Å². The van der Waals surface area contributed by atoms with E-state index in [0.29, 0.717) is 0 Å². The average molecular weight is 235 g/mol. The van der Waals surface area contributed by atoms with Crippen molar-refractivity contribution < 1.29 is 30.3 Å². The smallest absolute Gasteiger partial charge is 0.200 e. The van der Waals surface area contributed by atoms with E-state index >= 15 is 0 Å². The van der Waals surface area contributed by atoms with Gasteiger partial charge in [-0.2, -0.15) is 0 Å². The zero-order valence-electron chi connectivity index (χ0n) is 8.21. The summed E-state index contributed by atoms with van der Waals surface area (Å²) in [5.74, 6) is -2.32. The van der Waals surface area contributed by atoms with Crippen LogP contribution in [0.4, 0.5) is 0 Å². The molecule has 0 bridgehead atoms. The fourth-order valence-electron chi connectivity index (χ4n) is 1.48. The molecule has 0 aliphatic carbocycles. The van der Waals surface area contributed by atoms with Gasteiger partial charge in [-0.15, -0.1) is 0 Å². The first-order valence-corrected chi connectivity index (χ1v) is 4.52. The topological polar surface area (TPSA) is 159 Å². The zero-order chi connectivity index (χ0) is 12.3. The highest BCUT2D eigenvalue weighted by molar-refractivity contribution is 4.96. The zero-order valence-corrected chi connectivity index (χ0v) is 8.21.